The van der Waals surface area contributed by atoms with Crippen molar-refractivity contribution in [3.05, 3.63) is 54.1 Å². The molecule has 0 saturated heterocycles. The van der Waals surface area contributed by atoms with Gasteiger partial charge in [-0.25, -0.2) is 0 Å². The molecule has 1 heterocycles. The second-order valence-electron chi connectivity index (χ2n) is 7.23. The van der Waals surface area contributed by atoms with Gasteiger partial charge < -0.3 is 15.6 Å². The van der Waals surface area contributed by atoms with Crippen LogP contribution in [0.25, 0.3) is 22.8 Å². The van der Waals surface area contributed by atoms with Crippen LogP contribution in [0.4, 0.5) is 5.69 Å². The summed E-state index contributed by atoms with van der Waals surface area (Å²) in [6.45, 7) is 0.497. The number of aromatic nitrogens is 2. The fraction of sp³-hybridized carbons (Fsp3) is 0.318. The third-order valence-corrected chi connectivity index (χ3v) is 5.23. The van der Waals surface area contributed by atoms with Crippen LogP contribution < -0.4 is 11.1 Å². The number of rotatable bonds is 5. The number of nitrogens with two attached hydrogens (primary N) is 1. The lowest BCUT2D eigenvalue weighted by molar-refractivity contribution is -0.120. The highest BCUT2D eigenvalue weighted by Gasteiger charge is 2.21. The predicted molar refractivity (Wildman–Crippen MR) is 116 cm³/mol. The van der Waals surface area contributed by atoms with E-state index in [0.29, 0.717) is 18.3 Å². The molecule has 1 aliphatic rings. The molecule has 6 nitrogen and oxygen atoms in total. The maximum Gasteiger partial charge on any atom is 0.258 e. The number of amides is 1. The maximum atomic E-state index is 12.5. The molecular weight excluding hydrogens is 388 g/mol. The van der Waals surface area contributed by atoms with Crippen LogP contribution in [0, 0.1) is 5.92 Å². The molecule has 1 amide bonds. The second kappa shape index (κ2) is 9.67. The number of nitrogens with zero attached hydrogens (tertiary/aromatic N) is 2. The van der Waals surface area contributed by atoms with Crippen LogP contribution in [0.3, 0.4) is 0 Å². The van der Waals surface area contributed by atoms with Crippen molar-refractivity contribution >= 4 is 24.0 Å². The summed E-state index contributed by atoms with van der Waals surface area (Å²) in [5.41, 5.74) is 9.08. The highest BCUT2D eigenvalue weighted by atomic mass is 35.5. The fourth-order valence-corrected chi connectivity index (χ4v) is 3.59. The lowest BCUT2D eigenvalue weighted by atomic mass is 9.88. The lowest BCUT2D eigenvalue weighted by Gasteiger charge is -2.20. The number of hydrogen-bond acceptors (Lipinski definition) is 5. The average Bonchev–Trinajstić information content (AvgIpc) is 3.25. The molecule has 152 valence electrons. The fourth-order valence-electron chi connectivity index (χ4n) is 3.59. The summed E-state index contributed by atoms with van der Waals surface area (Å²) in [5.74, 6) is 1.16. The first-order valence-corrected chi connectivity index (χ1v) is 9.77. The van der Waals surface area contributed by atoms with Crippen molar-refractivity contribution in [3.63, 3.8) is 0 Å². The summed E-state index contributed by atoms with van der Waals surface area (Å²) in [4.78, 5) is 17.0. The van der Waals surface area contributed by atoms with Crippen LogP contribution in [0.2, 0.25) is 0 Å². The standard InChI is InChI=1S/C22H24N4O2.ClH/c23-14-15-9-11-16(12-10-15)20-25-22(28-26-20)18-7-4-8-19(13-18)24-21(27)17-5-2-1-3-6-17;/h4,7-13,17H,1-3,5-6,14,23H2,(H,24,27);1H. The first-order chi connectivity index (χ1) is 13.7. The summed E-state index contributed by atoms with van der Waals surface area (Å²) in [7, 11) is 0. The molecule has 2 aromatic carbocycles. The van der Waals surface area contributed by atoms with Gasteiger partial charge in [-0.3, -0.25) is 4.79 Å². The molecule has 0 spiro atoms. The summed E-state index contributed by atoms with van der Waals surface area (Å²) in [6.07, 6.45) is 5.45. The Morgan fingerprint density at radius 1 is 1.07 bits per heavy atom. The summed E-state index contributed by atoms with van der Waals surface area (Å²) in [6, 6.07) is 15.3. The Labute approximate surface area is 176 Å². The Morgan fingerprint density at radius 2 is 1.83 bits per heavy atom. The van der Waals surface area contributed by atoms with Gasteiger partial charge in [0.25, 0.3) is 5.89 Å². The molecular formula is C22H25ClN4O2. The minimum absolute atomic E-state index is 0. The first kappa shape index (κ1) is 21.0. The number of carbonyl (C=O) groups is 1. The number of anilines is 1. The molecule has 0 bridgehead atoms. The van der Waals surface area contributed by atoms with E-state index in [1.54, 1.807) is 0 Å². The molecule has 7 heteroatoms. The van der Waals surface area contributed by atoms with E-state index in [2.05, 4.69) is 15.5 Å². The third kappa shape index (κ3) is 5.02. The van der Waals surface area contributed by atoms with Crippen molar-refractivity contribution in [2.24, 2.45) is 11.7 Å². The van der Waals surface area contributed by atoms with Crippen LogP contribution in [0.1, 0.15) is 37.7 Å². The highest BCUT2D eigenvalue weighted by Crippen LogP contribution is 2.27. The van der Waals surface area contributed by atoms with Gasteiger partial charge >= 0.3 is 0 Å². The van der Waals surface area contributed by atoms with Crippen LogP contribution in [0.5, 0.6) is 0 Å². The lowest BCUT2D eigenvalue weighted by Crippen LogP contribution is -2.24. The molecule has 1 aromatic heterocycles. The minimum atomic E-state index is 0. The molecule has 1 aliphatic carbocycles. The zero-order chi connectivity index (χ0) is 19.3. The smallest absolute Gasteiger partial charge is 0.258 e. The topological polar surface area (TPSA) is 94.0 Å². The molecule has 4 rings (SSSR count). The molecule has 0 atom stereocenters. The number of nitrogens with one attached hydrogen (secondary N) is 1. The van der Waals surface area contributed by atoms with E-state index in [1.165, 1.54) is 6.42 Å². The Bertz CT molecular complexity index is 949. The maximum absolute atomic E-state index is 12.5. The van der Waals surface area contributed by atoms with Gasteiger partial charge in [-0.05, 0) is 36.6 Å². The molecule has 0 unspecified atom stereocenters. The van der Waals surface area contributed by atoms with E-state index in [4.69, 9.17) is 10.3 Å². The Hall–Kier alpha value is -2.70. The highest BCUT2D eigenvalue weighted by molar-refractivity contribution is 5.93. The SMILES string of the molecule is Cl.NCc1ccc(-c2noc(-c3cccc(NC(=O)C4CCCCC4)c3)n2)cc1. The molecule has 3 aromatic rings. The average molecular weight is 413 g/mol. The van der Waals surface area contributed by atoms with Crippen molar-refractivity contribution in [3.8, 4) is 22.8 Å². The molecule has 0 aliphatic heterocycles. The van der Waals surface area contributed by atoms with Crippen molar-refractivity contribution < 1.29 is 9.32 Å². The van der Waals surface area contributed by atoms with E-state index in [1.807, 2.05) is 48.5 Å². The van der Waals surface area contributed by atoms with Crippen LogP contribution in [-0.2, 0) is 11.3 Å². The zero-order valence-corrected chi connectivity index (χ0v) is 17.0. The Kier molecular flexibility index (Phi) is 7.01. The van der Waals surface area contributed by atoms with Gasteiger partial charge in [0.2, 0.25) is 11.7 Å². The monoisotopic (exact) mass is 412 g/mol. The second-order valence-corrected chi connectivity index (χ2v) is 7.23. The van der Waals surface area contributed by atoms with Gasteiger partial charge in [0.05, 0.1) is 0 Å². The first-order valence-electron chi connectivity index (χ1n) is 9.77. The number of hydrogen-bond donors (Lipinski definition) is 2. The summed E-state index contributed by atoms with van der Waals surface area (Å²) < 4.78 is 5.44. The van der Waals surface area contributed by atoms with Gasteiger partial charge in [-0.1, -0.05) is 54.8 Å². The van der Waals surface area contributed by atoms with Gasteiger partial charge in [-0.2, -0.15) is 4.98 Å². The predicted octanol–water partition coefficient (Wildman–Crippen LogP) is 4.80. The normalized spacial score (nSPS) is 14.2. The van der Waals surface area contributed by atoms with Crippen molar-refractivity contribution in [2.45, 2.75) is 38.6 Å². The zero-order valence-electron chi connectivity index (χ0n) is 16.1. The van der Waals surface area contributed by atoms with Crippen molar-refractivity contribution in [2.75, 3.05) is 5.32 Å². The largest absolute Gasteiger partial charge is 0.334 e. The molecule has 29 heavy (non-hydrogen) atoms. The van der Waals surface area contributed by atoms with E-state index in [0.717, 1.165) is 48.1 Å². The third-order valence-electron chi connectivity index (χ3n) is 5.23. The van der Waals surface area contributed by atoms with E-state index in [-0.39, 0.29) is 24.2 Å². The van der Waals surface area contributed by atoms with E-state index >= 15 is 0 Å². The van der Waals surface area contributed by atoms with Crippen LogP contribution >= 0.6 is 12.4 Å². The van der Waals surface area contributed by atoms with Gasteiger partial charge in [0, 0.05) is 29.3 Å². The Morgan fingerprint density at radius 3 is 2.55 bits per heavy atom. The molecule has 0 radical (unpaired) electrons. The van der Waals surface area contributed by atoms with Gasteiger partial charge in [0.15, 0.2) is 0 Å². The number of carbonyl (C=O) groups excluding carboxylic acids is 1. The van der Waals surface area contributed by atoms with Gasteiger partial charge in [0.1, 0.15) is 0 Å². The van der Waals surface area contributed by atoms with Crippen LogP contribution in [0.15, 0.2) is 53.1 Å². The van der Waals surface area contributed by atoms with E-state index < -0.39 is 0 Å². The van der Waals surface area contributed by atoms with E-state index in [9.17, 15) is 4.79 Å². The van der Waals surface area contributed by atoms with Crippen molar-refractivity contribution in [1.82, 2.24) is 10.1 Å². The molecule has 1 saturated carbocycles. The summed E-state index contributed by atoms with van der Waals surface area (Å²) in [5, 5.41) is 7.11. The van der Waals surface area contributed by atoms with Crippen LogP contribution in [-0.4, -0.2) is 16.0 Å². The summed E-state index contributed by atoms with van der Waals surface area (Å²) >= 11 is 0. The molecule has 3 N–H and O–H groups in total. The van der Waals surface area contributed by atoms with Crippen molar-refractivity contribution in [1.29, 1.82) is 0 Å². The number of halogens is 1. The number of benzene rings is 2. The Balaban J connectivity index is 0.00000240. The molecule has 1 fully saturated rings. The minimum Gasteiger partial charge on any atom is -0.334 e. The quantitative estimate of drug-likeness (QED) is 0.627. The van der Waals surface area contributed by atoms with Gasteiger partial charge in [-0.15, -0.1) is 12.4 Å².